The summed E-state index contributed by atoms with van der Waals surface area (Å²) in [4.78, 5) is 4.76. The van der Waals surface area contributed by atoms with Crippen LogP contribution in [0.3, 0.4) is 0 Å². The molecule has 0 unspecified atom stereocenters. The molecule has 5 rings (SSSR count). The van der Waals surface area contributed by atoms with Crippen LogP contribution < -0.4 is 5.32 Å². The van der Waals surface area contributed by atoms with E-state index in [1.165, 1.54) is 11.1 Å². The molecule has 0 amide bonds. The molecule has 0 atom stereocenters. The standard InChI is InChI=1S/C19H13N3/c1-3-9-15-13(7-1)14-8-2-5-11-17(14)22-18-12-6-4-10-16(18)21-19(22)20-15/h1-12H,(H,20,21). The molecule has 1 aromatic heterocycles. The Morgan fingerprint density at radius 2 is 1.45 bits per heavy atom. The molecule has 22 heavy (non-hydrogen) atoms. The molecule has 1 aliphatic rings. The van der Waals surface area contributed by atoms with Gasteiger partial charge in [0, 0.05) is 16.8 Å². The smallest absolute Gasteiger partial charge is 0.213 e. The summed E-state index contributed by atoms with van der Waals surface area (Å²) in [6.45, 7) is 0. The molecular weight excluding hydrogens is 270 g/mol. The molecule has 4 aromatic rings. The molecule has 0 spiro atoms. The Hall–Kier alpha value is -3.07. The molecular formula is C19H13N3. The van der Waals surface area contributed by atoms with Gasteiger partial charge < -0.3 is 5.32 Å². The highest BCUT2D eigenvalue weighted by atomic mass is 15.2. The molecule has 104 valence electrons. The molecule has 3 nitrogen and oxygen atoms in total. The Labute approximate surface area is 127 Å². The van der Waals surface area contributed by atoms with Gasteiger partial charge in [-0.05, 0) is 24.3 Å². The van der Waals surface area contributed by atoms with Crippen LogP contribution in [0.25, 0.3) is 27.8 Å². The minimum absolute atomic E-state index is 0.860. The highest BCUT2D eigenvalue weighted by molar-refractivity contribution is 5.92. The minimum Gasteiger partial charge on any atom is -0.325 e. The number of rotatable bonds is 0. The van der Waals surface area contributed by atoms with E-state index in [0.29, 0.717) is 0 Å². The third-order valence-electron chi connectivity index (χ3n) is 4.17. The van der Waals surface area contributed by atoms with Gasteiger partial charge in [0.05, 0.1) is 16.7 Å². The van der Waals surface area contributed by atoms with Crippen LogP contribution in [0.5, 0.6) is 0 Å². The van der Waals surface area contributed by atoms with Gasteiger partial charge in [-0.1, -0.05) is 48.5 Å². The number of anilines is 2. The SMILES string of the molecule is c1ccc2c(c1)Nc1nc3ccccc3n1-c1ccccc1-2. The number of imidazole rings is 1. The van der Waals surface area contributed by atoms with E-state index in [2.05, 4.69) is 64.5 Å². The quantitative estimate of drug-likeness (QED) is 0.444. The Morgan fingerprint density at radius 1 is 0.727 bits per heavy atom. The average Bonchev–Trinajstić information content (AvgIpc) is 2.86. The Kier molecular flexibility index (Phi) is 2.22. The fourth-order valence-corrected chi connectivity index (χ4v) is 3.20. The van der Waals surface area contributed by atoms with Gasteiger partial charge in [-0.2, -0.15) is 0 Å². The summed E-state index contributed by atoms with van der Waals surface area (Å²) < 4.78 is 2.20. The molecule has 0 fully saturated rings. The van der Waals surface area contributed by atoms with Crippen LogP contribution in [0.4, 0.5) is 11.6 Å². The Balaban J connectivity index is 1.96. The van der Waals surface area contributed by atoms with Crippen molar-refractivity contribution in [3.8, 4) is 16.8 Å². The van der Waals surface area contributed by atoms with E-state index < -0.39 is 0 Å². The van der Waals surface area contributed by atoms with Crippen molar-refractivity contribution in [3.05, 3.63) is 72.8 Å². The first-order valence-electron chi connectivity index (χ1n) is 7.35. The van der Waals surface area contributed by atoms with Gasteiger partial charge in [0.15, 0.2) is 0 Å². The van der Waals surface area contributed by atoms with Crippen LogP contribution in [-0.2, 0) is 0 Å². The molecule has 2 heterocycles. The van der Waals surface area contributed by atoms with E-state index >= 15 is 0 Å². The van der Waals surface area contributed by atoms with Crippen molar-refractivity contribution in [1.82, 2.24) is 9.55 Å². The van der Waals surface area contributed by atoms with Crippen molar-refractivity contribution in [1.29, 1.82) is 0 Å². The lowest BCUT2D eigenvalue weighted by atomic mass is 10.0. The van der Waals surface area contributed by atoms with Crippen molar-refractivity contribution in [2.45, 2.75) is 0 Å². The molecule has 0 saturated carbocycles. The third-order valence-corrected chi connectivity index (χ3v) is 4.17. The fraction of sp³-hybridized carbons (Fsp3) is 0. The van der Waals surface area contributed by atoms with Crippen LogP contribution >= 0.6 is 0 Å². The van der Waals surface area contributed by atoms with Crippen LogP contribution in [0, 0.1) is 0 Å². The van der Waals surface area contributed by atoms with Crippen LogP contribution in [0.2, 0.25) is 0 Å². The third kappa shape index (κ3) is 1.48. The lowest BCUT2D eigenvalue weighted by molar-refractivity contribution is 1.11. The first kappa shape index (κ1) is 11.6. The van der Waals surface area contributed by atoms with Gasteiger partial charge in [-0.25, -0.2) is 4.98 Å². The minimum atomic E-state index is 0.860. The number of para-hydroxylation sites is 4. The highest BCUT2D eigenvalue weighted by Crippen LogP contribution is 2.40. The number of nitrogens with one attached hydrogen (secondary N) is 1. The van der Waals surface area contributed by atoms with Crippen molar-refractivity contribution in [2.24, 2.45) is 0 Å². The Bertz CT molecular complexity index is 1010. The topological polar surface area (TPSA) is 29.9 Å². The number of fused-ring (bicyclic) bond motifs is 7. The van der Waals surface area contributed by atoms with E-state index in [-0.39, 0.29) is 0 Å². The summed E-state index contributed by atoms with van der Waals surface area (Å²) in [5, 5.41) is 3.49. The van der Waals surface area contributed by atoms with Crippen molar-refractivity contribution in [3.63, 3.8) is 0 Å². The monoisotopic (exact) mass is 283 g/mol. The fourth-order valence-electron chi connectivity index (χ4n) is 3.20. The number of hydrogen-bond acceptors (Lipinski definition) is 2. The number of aromatic nitrogens is 2. The van der Waals surface area contributed by atoms with E-state index in [4.69, 9.17) is 4.98 Å². The first-order valence-corrected chi connectivity index (χ1v) is 7.35. The summed E-state index contributed by atoms with van der Waals surface area (Å²) in [5.41, 5.74) is 6.78. The summed E-state index contributed by atoms with van der Waals surface area (Å²) in [7, 11) is 0. The highest BCUT2D eigenvalue weighted by Gasteiger charge is 2.20. The summed E-state index contributed by atoms with van der Waals surface area (Å²) in [6, 6.07) is 25.1. The second kappa shape index (κ2) is 4.21. The van der Waals surface area contributed by atoms with E-state index in [1.807, 2.05) is 18.2 Å². The lowest BCUT2D eigenvalue weighted by Crippen LogP contribution is -1.99. The zero-order valence-electron chi connectivity index (χ0n) is 11.8. The molecule has 0 bridgehead atoms. The maximum Gasteiger partial charge on any atom is 0.213 e. The number of nitrogens with zero attached hydrogens (tertiary/aromatic N) is 2. The molecule has 0 saturated heterocycles. The predicted molar refractivity (Wildman–Crippen MR) is 89.8 cm³/mol. The van der Waals surface area contributed by atoms with E-state index in [9.17, 15) is 0 Å². The van der Waals surface area contributed by atoms with Crippen LogP contribution in [0.1, 0.15) is 0 Å². The van der Waals surface area contributed by atoms with Gasteiger partial charge in [-0.3, -0.25) is 4.57 Å². The zero-order valence-corrected chi connectivity index (χ0v) is 11.8. The lowest BCUT2D eigenvalue weighted by Gasteiger charge is -2.10. The van der Waals surface area contributed by atoms with Crippen molar-refractivity contribution >= 4 is 22.7 Å². The molecule has 0 radical (unpaired) electrons. The van der Waals surface area contributed by atoms with Crippen molar-refractivity contribution in [2.75, 3.05) is 5.32 Å². The van der Waals surface area contributed by atoms with E-state index in [1.54, 1.807) is 0 Å². The first-order chi connectivity index (χ1) is 10.9. The number of benzene rings is 3. The van der Waals surface area contributed by atoms with Gasteiger partial charge in [0.25, 0.3) is 0 Å². The molecule has 3 aromatic carbocycles. The molecule has 0 aliphatic carbocycles. The molecule has 3 heteroatoms. The van der Waals surface area contributed by atoms with E-state index in [0.717, 1.165) is 28.4 Å². The van der Waals surface area contributed by atoms with Crippen LogP contribution in [-0.4, -0.2) is 9.55 Å². The summed E-state index contributed by atoms with van der Waals surface area (Å²) in [5.74, 6) is 0.860. The van der Waals surface area contributed by atoms with Gasteiger partial charge in [0.1, 0.15) is 0 Å². The maximum atomic E-state index is 4.76. The summed E-state index contributed by atoms with van der Waals surface area (Å²) in [6.07, 6.45) is 0. The second-order valence-corrected chi connectivity index (χ2v) is 5.45. The summed E-state index contributed by atoms with van der Waals surface area (Å²) >= 11 is 0. The molecule has 1 N–H and O–H groups in total. The van der Waals surface area contributed by atoms with Crippen molar-refractivity contribution < 1.29 is 0 Å². The Morgan fingerprint density at radius 3 is 2.41 bits per heavy atom. The normalized spacial score (nSPS) is 12.0. The number of hydrogen-bond donors (Lipinski definition) is 1. The largest absolute Gasteiger partial charge is 0.325 e. The second-order valence-electron chi connectivity index (χ2n) is 5.45. The van der Waals surface area contributed by atoms with Gasteiger partial charge >= 0.3 is 0 Å². The maximum absolute atomic E-state index is 4.76. The van der Waals surface area contributed by atoms with Crippen LogP contribution in [0.15, 0.2) is 72.8 Å². The van der Waals surface area contributed by atoms with Gasteiger partial charge in [0.2, 0.25) is 5.95 Å². The predicted octanol–water partition coefficient (Wildman–Crippen LogP) is 4.75. The van der Waals surface area contributed by atoms with Gasteiger partial charge in [-0.15, -0.1) is 0 Å². The zero-order chi connectivity index (χ0) is 14.5. The average molecular weight is 283 g/mol. The molecule has 1 aliphatic heterocycles.